The van der Waals surface area contributed by atoms with E-state index in [-0.39, 0.29) is 5.91 Å². The van der Waals surface area contributed by atoms with Crippen molar-refractivity contribution in [2.24, 2.45) is 5.10 Å². The van der Waals surface area contributed by atoms with Crippen molar-refractivity contribution >= 4 is 11.6 Å². The van der Waals surface area contributed by atoms with Gasteiger partial charge in [-0.1, -0.05) is 24.3 Å². The van der Waals surface area contributed by atoms with E-state index in [0.29, 0.717) is 0 Å². The maximum Gasteiger partial charge on any atom is 0.236 e. The minimum Gasteiger partial charge on any atom is -0.274 e. The molecule has 0 fully saturated rings. The predicted molar refractivity (Wildman–Crippen MR) is 53.1 cm³/mol. The lowest BCUT2D eigenvalue weighted by Gasteiger charge is -2.10. The quantitative estimate of drug-likeness (QED) is 0.505. The Labute approximate surface area is 78.2 Å². The summed E-state index contributed by atoms with van der Waals surface area (Å²) in [5.74, 6) is 0.992. The molecule has 1 rings (SSSR count). The van der Waals surface area contributed by atoms with Gasteiger partial charge in [-0.2, -0.15) is 5.10 Å². The summed E-state index contributed by atoms with van der Waals surface area (Å²) >= 11 is 0. The Morgan fingerprint density at radius 1 is 1.46 bits per heavy atom. The van der Waals surface area contributed by atoms with Crippen molar-refractivity contribution in [2.75, 3.05) is 0 Å². The molecule has 1 amide bonds. The number of allylic oxidation sites excluding steroid dienone is 4. The van der Waals surface area contributed by atoms with Crippen molar-refractivity contribution in [1.82, 2.24) is 5.43 Å². The van der Waals surface area contributed by atoms with Gasteiger partial charge in [-0.15, -0.1) is 0 Å². The summed E-state index contributed by atoms with van der Waals surface area (Å²) in [6.45, 7) is 3.33. The monoisotopic (exact) mass is 177 g/mol. The number of hydrogen-bond acceptors (Lipinski definition) is 2. The van der Waals surface area contributed by atoms with Crippen molar-refractivity contribution < 1.29 is 4.79 Å². The highest BCUT2D eigenvalue weighted by atomic mass is 16.2. The maximum atomic E-state index is 10.6. The molecule has 0 bridgehead atoms. The minimum absolute atomic E-state index is 0.143. The summed E-state index contributed by atoms with van der Waals surface area (Å²) in [5.41, 5.74) is 3.27. The van der Waals surface area contributed by atoms with E-state index < -0.39 is 0 Å². The molecule has 1 radical (unpaired) electrons. The molecule has 0 atom stereocenters. The first-order valence-electron chi connectivity index (χ1n) is 4.20. The van der Waals surface area contributed by atoms with E-state index in [1.807, 2.05) is 25.2 Å². The smallest absolute Gasteiger partial charge is 0.236 e. The summed E-state index contributed by atoms with van der Waals surface area (Å²) in [5, 5.41) is 3.94. The van der Waals surface area contributed by atoms with Gasteiger partial charge >= 0.3 is 0 Å². The van der Waals surface area contributed by atoms with E-state index in [2.05, 4.69) is 16.6 Å². The molecular weight excluding hydrogens is 164 g/mol. The zero-order chi connectivity index (χ0) is 9.68. The molecule has 13 heavy (non-hydrogen) atoms. The Morgan fingerprint density at radius 3 is 2.77 bits per heavy atom. The van der Waals surface area contributed by atoms with Crippen LogP contribution in [0.5, 0.6) is 0 Å². The fraction of sp³-hybridized carbons (Fsp3) is 0.300. The maximum absolute atomic E-state index is 10.6. The number of amides is 1. The van der Waals surface area contributed by atoms with E-state index in [4.69, 9.17) is 0 Å². The van der Waals surface area contributed by atoms with E-state index in [1.54, 1.807) is 0 Å². The van der Waals surface area contributed by atoms with Crippen LogP contribution in [0.2, 0.25) is 0 Å². The van der Waals surface area contributed by atoms with Crippen LogP contribution in [0.25, 0.3) is 0 Å². The Balaban J connectivity index is 2.51. The zero-order valence-electron chi connectivity index (χ0n) is 7.87. The fourth-order valence-corrected chi connectivity index (χ4v) is 1.02. The topological polar surface area (TPSA) is 41.5 Å². The number of carbonyl (C=O) groups excluding carboxylic acids is 1. The van der Waals surface area contributed by atoms with Crippen molar-refractivity contribution in [3.63, 3.8) is 0 Å². The molecule has 0 saturated heterocycles. The van der Waals surface area contributed by atoms with E-state index in [1.165, 1.54) is 6.92 Å². The second kappa shape index (κ2) is 4.60. The lowest BCUT2D eigenvalue weighted by Crippen LogP contribution is -2.17. The van der Waals surface area contributed by atoms with Crippen molar-refractivity contribution in [3.8, 4) is 0 Å². The highest BCUT2D eigenvalue weighted by Crippen LogP contribution is 2.15. The van der Waals surface area contributed by atoms with Gasteiger partial charge in [0.05, 0.1) is 0 Å². The molecule has 1 N–H and O–H groups in total. The molecule has 0 spiro atoms. The Hall–Kier alpha value is -1.38. The molecule has 0 saturated carbocycles. The summed E-state index contributed by atoms with van der Waals surface area (Å²) in [6.07, 6.45) is 8.90. The lowest BCUT2D eigenvalue weighted by atomic mass is 9.97. The molecule has 0 unspecified atom stereocenters. The average molecular weight is 177 g/mol. The number of rotatable bonds is 2. The van der Waals surface area contributed by atoms with Gasteiger partial charge in [0.1, 0.15) is 0 Å². The number of hydrogen-bond donors (Lipinski definition) is 1. The Kier molecular flexibility index (Phi) is 3.43. The van der Waals surface area contributed by atoms with Gasteiger partial charge in [-0.25, -0.2) is 5.43 Å². The van der Waals surface area contributed by atoms with Gasteiger partial charge in [-0.05, 0) is 13.3 Å². The lowest BCUT2D eigenvalue weighted by molar-refractivity contribution is -0.118. The van der Waals surface area contributed by atoms with Crippen LogP contribution < -0.4 is 5.43 Å². The van der Waals surface area contributed by atoms with Crippen LogP contribution in [0.3, 0.4) is 0 Å². The number of carbonyl (C=O) groups is 1. The van der Waals surface area contributed by atoms with Crippen LogP contribution in [-0.2, 0) is 4.79 Å². The van der Waals surface area contributed by atoms with Gasteiger partial charge in [0, 0.05) is 18.6 Å². The van der Waals surface area contributed by atoms with Gasteiger partial charge in [0.2, 0.25) is 5.91 Å². The summed E-state index contributed by atoms with van der Waals surface area (Å²) in [7, 11) is 0. The largest absolute Gasteiger partial charge is 0.274 e. The third-order valence-corrected chi connectivity index (χ3v) is 1.73. The van der Waals surface area contributed by atoms with Crippen molar-refractivity contribution in [2.45, 2.75) is 20.3 Å². The molecule has 69 valence electrons. The van der Waals surface area contributed by atoms with E-state index in [0.717, 1.165) is 18.1 Å². The number of nitrogens with zero attached hydrogens (tertiary/aromatic N) is 1. The van der Waals surface area contributed by atoms with Crippen LogP contribution in [0.1, 0.15) is 20.3 Å². The van der Waals surface area contributed by atoms with Crippen LogP contribution in [0.4, 0.5) is 0 Å². The Bertz CT molecular complexity index is 277. The molecule has 3 nitrogen and oxygen atoms in total. The second-order valence-electron chi connectivity index (χ2n) is 2.88. The van der Waals surface area contributed by atoms with Gasteiger partial charge in [-0.3, -0.25) is 4.79 Å². The highest BCUT2D eigenvalue weighted by Gasteiger charge is 2.09. The number of hydrazone groups is 1. The predicted octanol–water partition coefficient (Wildman–Crippen LogP) is 1.59. The highest BCUT2D eigenvalue weighted by molar-refractivity contribution is 5.98. The van der Waals surface area contributed by atoms with Crippen LogP contribution in [-0.4, -0.2) is 11.6 Å². The second-order valence-corrected chi connectivity index (χ2v) is 2.88. The van der Waals surface area contributed by atoms with Gasteiger partial charge in [0.15, 0.2) is 0 Å². The van der Waals surface area contributed by atoms with Crippen LogP contribution in [0.15, 0.2) is 29.4 Å². The van der Waals surface area contributed by atoms with Crippen LogP contribution in [0, 0.1) is 5.92 Å². The molecule has 1 aliphatic carbocycles. The molecule has 0 aliphatic heterocycles. The summed E-state index contributed by atoms with van der Waals surface area (Å²) in [6, 6.07) is 0. The standard InChI is InChI=1S/C10H13N2O/c1-8(11-12-9(2)13)10-6-4-3-5-7-10/h3-6H,7H2,1-2H3,(H,12,13)/b11-8+. The van der Waals surface area contributed by atoms with Gasteiger partial charge < -0.3 is 0 Å². The normalized spacial score (nSPS) is 17.5. The van der Waals surface area contributed by atoms with E-state index in [9.17, 15) is 4.79 Å². The SMILES string of the molecule is CC(=O)N/N=C(\C)[C]1C=CC=CC1. The first-order valence-corrected chi connectivity index (χ1v) is 4.20. The average Bonchev–Trinajstić information content (AvgIpc) is 2.15. The molecule has 0 heterocycles. The zero-order valence-corrected chi connectivity index (χ0v) is 7.87. The first kappa shape index (κ1) is 9.71. The molecular formula is C10H13N2O. The van der Waals surface area contributed by atoms with Gasteiger partial charge in [0.25, 0.3) is 0 Å². The molecule has 3 heteroatoms. The minimum atomic E-state index is -0.143. The first-order chi connectivity index (χ1) is 6.20. The molecule has 0 aromatic rings. The van der Waals surface area contributed by atoms with Crippen LogP contribution >= 0.6 is 0 Å². The van der Waals surface area contributed by atoms with E-state index >= 15 is 0 Å². The third-order valence-electron chi connectivity index (χ3n) is 1.73. The molecule has 0 aromatic carbocycles. The Morgan fingerprint density at radius 2 is 2.23 bits per heavy atom. The number of nitrogens with one attached hydrogen (secondary N) is 1. The fourth-order valence-electron chi connectivity index (χ4n) is 1.02. The summed E-state index contributed by atoms with van der Waals surface area (Å²) < 4.78 is 0. The van der Waals surface area contributed by atoms with Crippen molar-refractivity contribution in [3.05, 3.63) is 30.2 Å². The van der Waals surface area contributed by atoms with Crippen molar-refractivity contribution in [1.29, 1.82) is 0 Å². The molecule has 0 aromatic heterocycles. The molecule has 1 aliphatic rings. The summed E-state index contributed by atoms with van der Waals surface area (Å²) in [4.78, 5) is 10.6. The third kappa shape index (κ3) is 3.23.